The molecule has 1 aliphatic rings. The van der Waals surface area contributed by atoms with Gasteiger partial charge >= 0.3 is 0 Å². The van der Waals surface area contributed by atoms with Gasteiger partial charge in [-0.3, -0.25) is 0 Å². The van der Waals surface area contributed by atoms with Gasteiger partial charge in [-0.1, -0.05) is 6.07 Å². The summed E-state index contributed by atoms with van der Waals surface area (Å²) in [6, 6.07) is 4.55. The second-order valence-electron chi connectivity index (χ2n) is 3.91. The van der Waals surface area contributed by atoms with E-state index in [1.54, 1.807) is 12.1 Å². The minimum Gasteiger partial charge on any atom is -0.307 e. The number of nitrogens with two attached hydrogens (primary N) is 1. The van der Waals surface area contributed by atoms with Gasteiger partial charge in [-0.25, -0.2) is 17.9 Å². The number of primary sulfonamides is 1. The first-order valence-corrected chi connectivity index (χ1v) is 6.49. The topological polar surface area (TPSA) is 72.2 Å². The van der Waals surface area contributed by atoms with Crippen LogP contribution in [-0.2, 0) is 23.0 Å². The van der Waals surface area contributed by atoms with Crippen LogP contribution in [0.4, 0.5) is 4.39 Å². The van der Waals surface area contributed by atoms with Gasteiger partial charge in [0.05, 0.1) is 4.90 Å². The van der Waals surface area contributed by atoms with Gasteiger partial charge in [0.25, 0.3) is 0 Å². The molecule has 7 heteroatoms. The summed E-state index contributed by atoms with van der Waals surface area (Å²) in [6.07, 6.45) is 0.580. The Labute approximate surface area is 106 Å². The van der Waals surface area contributed by atoms with E-state index < -0.39 is 16.7 Å². The van der Waals surface area contributed by atoms with Gasteiger partial charge in [0.2, 0.25) is 10.0 Å². The predicted octanol–water partition coefficient (Wildman–Crippen LogP) is 0.740. The van der Waals surface area contributed by atoms with Crippen molar-refractivity contribution in [2.75, 3.05) is 6.67 Å². The number of hydrogen-bond donors (Lipinski definition) is 2. The quantitative estimate of drug-likeness (QED) is 0.839. The number of fused-ring (bicyclic) bond motifs is 1. The summed E-state index contributed by atoms with van der Waals surface area (Å²) in [4.78, 5) is 0.103. The fraction of sp³-hybridized carbons (Fsp3) is 0.400. The molecule has 17 heavy (non-hydrogen) atoms. The summed E-state index contributed by atoms with van der Waals surface area (Å²) in [6.45, 7) is 0.0592. The van der Waals surface area contributed by atoms with Crippen molar-refractivity contribution in [3.63, 3.8) is 0 Å². The van der Waals surface area contributed by atoms with Gasteiger partial charge in [-0.2, -0.15) is 0 Å². The van der Waals surface area contributed by atoms with Gasteiger partial charge in [0.1, 0.15) is 6.67 Å². The van der Waals surface area contributed by atoms with Gasteiger partial charge < -0.3 is 5.32 Å². The van der Waals surface area contributed by atoms with E-state index in [-0.39, 0.29) is 23.3 Å². The summed E-state index contributed by atoms with van der Waals surface area (Å²) in [5.41, 5.74) is 1.85. The van der Waals surface area contributed by atoms with Crippen molar-refractivity contribution >= 4 is 22.4 Å². The van der Waals surface area contributed by atoms with Crippen LogP contribution >= 0.6 is 12.4 Å². The molecule has 0 fully saturated rings. The Bertz CT molecular complexity index is 507. The molecule has 0 aromatic heterocycles. The molecule has 1 atom stereocenters. The highest BCUT2D eigenvalue weighted by Crippen LogP contribution is 2.20. The molecule has 1 aromatic carbocycles. The minimum atomic E-state index is -3.66. The Balaban J connectivity index is 0.00000144. The van der Waals surface area contributed by atoms with Crippen molar-refractivity contribution in [1.29, 1.82) is 0 Å². The predicted molar refractivity (Wildman–Crippen MR) is 65.4 cm³/mol. The van der Waals surface area contributed by atoms with Crippen LogP contribution in [0.1, 0.15) is 11.1 Å². The van der Waals surface area contributed by atoms with Crippen LogP contribution in [0.5, 0.6) is 0 Å². The normalized spacial score (nSPS) is 19.3. The molecule has 1 aliphatic heterocycles. The minimum absolute atomic E-state index is 0. The molecule has 1 heterocycles. The lowest BCUT2D eigenvalue weighted by molar-refractivity contribution is 0.358. The van der Waals surface area contributed by atoms with Crippen LogP contribution in [0.25, 0.3) is 0 Å². The molecule has 2 rings (SSSR count). The average molecular weight is 281 g/mol. The maximum Gasteiger partial charge on any atom is 0.238 e. The zero-order valence-electron chi connectivity index (χ0n) is 9.02. The Morgan fingerprint density at radius 2 is 2.12 bits per heavy atom. The number of rotatable bonds is 2. The molecule has 0 aliphatic carbocycles. The summed E-state index contributed by atoms with van der Waals surface area (Å²) in [5, 5.41) is 8.03. The smallest absolute Gasteiger partial charge is 0.238 e. The first kappa shape index (κ1) is 14.4. The molecule has 0 bridgehead atoms. The first-order valence-electron chi connectivity index (χ1n) is 4.94. The number of alkyl halides is 1. The highest BCUT2D eigenvalue weighted by atomic mass is 35.5. The first-order chi connectivity index (χ1) is 7.50. The van der Waals surface area contributed by atoms with Crippen LogP contribution in [0, 0.1) is 0 Å². The lowest BCUT2D eigenvalue weighted by atomic mass is 9.96. The largest absolute Gasteiger partial charge is 0.307 e. The Hall–Kier alpha value is -0.690. The van der Waals surface area contributed by atoms with Crippen molar-refractivity contribution < 1.29 is 12.8 Å². The maximum atomic E-state index is 12.5. The molecule has 0 amide bonds. The SMILES string of the molecule is Cl.NS(=O)(=O)c1ccc2c(c1)CNC(CF)C2. The van der Waals surface area contributed by atoms with Crippen molar-refractivity contribution in [1.82, 2.24) is 5.32 Å². The highest BCUT2D eigenvalue weighted by Gasteiger charge is 2.19. The fourth-order valence-electron chi connectivity index (χ4n) is 1.84. The van der Waals surface area contributed by atoms with Crippen LogP contribution in [-0.4, -0.2) is 21.1 Å². The van der Waals surface area contributed by atoms with Gasteiger partial charge in [0.15, 0.2) is 0 Å². The van der Waals surface area contributed by atoms with E-state index in [0.717, 1.165) is 11.1 Å². The Morgan fingerprint density at radius 3 is 2.71 bits per heavy atom. The van der Waals surface area contributed by atoms with Crippen molar-refractivity contribution in [2.45, 2.75) is 23.9 Å². The number of nitrogens with one attached hydrogen (secondary N) is 1. The number of halogens is 2. The summed E-state index contributed by atoms with van der Waals surface area (Å²) in [5.74, 6) is 0. The van der Waals surface area contributed by atoms with E-state index in [0.29, 0.717) is 13.0 Å². The number of hydrogen-bond acceptors (Lipinski definition) is 3. The van der Waals surface area contributed by atoms with Gasteiger partial charge in [0, 0.05) is 12.6 Å². The molecule has 0 saturated carbocycles. The molecular formula is C10H14ClFN2O2S. The van der Waals surface area contributed by atoms with Gasteiger partial charge in [-0.05, 0) is 29.7 Å². The van der Waals surface area contributed by atoms with E-state index in [9.17, 15) is 12.8 Å². The third kappa shape index (κ3) is 3.16. The van der Waals surface area contributed by atoms with Crippen LogP contribution in [0.15, 0.2) is 23.1 Å². The Kier molecular flexibility index (Phi) is 4.48. The highest BCUT2D eigenvalue weighted by molar-refractivity contribution is 7.89. The van der Waals surface area contributed by atoms with E-state index >= 15 is 0 Å². The second kappa shape index (κ2) is 5.30. The summed E-state index contributed by atoms with van der Waals surface area (Å²) < 4.78 is 34.7. The lowest BCUT2D eigenvalue weighted by Crippen LogP contribution is -2.37. The third-order valence-electron chi connectivity index (χ3n) is 2.74. The van der Waals surface area contributed by atoms with Gasteiger partial charge in [-0.15, -0.1) is 12.4 Å². The zero-order chi connectivity index (χ0) is 11.8. The summed E-state index contributed by atoms with van der Waals surface area (Å²) >= 11 is 0. The van der Waals surface area contributed by atoms with E-state index in [1.807, 2.05) is 0 Å². The van der Waals surface area contributed by atoms with E-state index in [1.165, 1.54) is 6.07 Å². The molecule has 4 nitrogen and oxygen atoms in total. The molecule has 0 saturated heterocycles. The van der Waals surface area contributed by atoms with E-state index in [4.69, 9.17) is 5.14 Å². The molecular weight excluding hydrogens is 267 g/mol. The third-order valence-corrected chi connectivity index (χ3v) is 3.65. The molecule has 1 unspecified atom stereocenters. The number of benzene rings is 1. The van der Waals surface area contributed by atoms with Crippen molar-refractivity contribution in [3.8, 4) is 0 Å². The molecule has 96 valence electrons. The molecule has 1 aromatic rings. The summed E-state index contributed by atoms with van der Waals surface area (Å²) in [7, 11) is -3.66. The average Bonchev–Trinajstić information content (AvgIpc) is 2.26. The second-order valence-corrected chi connectivity index (χ2v) is 5.47. The standard InChI is InChI=1S/C10H13FN2O2S.ClH/c11-5-9-3-7-1-2-10(16(12,14)15)4-8(7)6-13-9;/h1-2,4,9,13H,3,5-6H2,(H2,12,14,15);1H. The maximum absolute atomic E-state index is 12.5. The fourth-order valence-corrected chi connectivity index (χ4v) is 2.41. The van der Waals surface area contributed by atoms with Crippen LogP contribution in [0.2, 0.25) is 0 Å². The van der Waals surface area contributed by atoms with E-state index in [2.05, 4.69) is 5.32 Å². The Morgan fingerprint density at radius 1 is 1.41 bits per heavy atom. The van der Waals surface area contributed by atoms with Crippen molar-refractivity contribution in [3.05, 3.63) is 29.3 Å². The molecule has 3 N–H and O–H groups in total. The zero-order valence-corrected chi connectivity index (χ0v) is 10.7. The van der Waals surface area contributed by atoms with Crippen LogP contribution in [0.3, 0.4) is 0 Å². The van der Waals surface area contributed by atoms with Crippen LogP contribution < -0.4 is 10.5 Å². The lowest BCUT2D eigenvalue weighted by Gasteiger charge is -2.24. The molecule has 0 radical (unpaired) electrons. The monoisotopic (exact) mass is 280 g/mol. The molecule has 0 spiro atoms. The number of sulfonamides is 1. The van der Waals surface area contributed by atoms with Crippen molar-refractivity contribution in [2.24, 2.45) is 5.14 Å².